The quantitative estimate of drug-likeness (QED) is 0.886. The molecule has 1 aromatic heterocycles. The second kappa shape index (κ2) is 7.24. The summed E-state index contributed by atoms with van der Waals surface area (Å²) in [6.45, 7) is 2.37. The fourth-order valence-electron chi connectivity index (χ4n) is 3.26. The molecule has 3 heterocycles. The summed E-state index contributed by atoms with van der Waals surface area (Å²) in [7, 11) is 0. The molecular formula is C16H23N3O2S. The van der Waals surface area contributed by atoms with Gasteiger partial charge in [-0.25, -0.2) is 0 Å². The van der Waals surface area contributed by atoms with Crippen LogP contribution < -0.4 is 10.6 Å². The van der Waals surface area contributed by atoms with Crippen molar-refractivity contribution in [1.29, 1.82) is 0 Å². The lowest BCUT2D eigenvalue weighted by Crippen LogP contribution is -2.53. The van der Waals surface area contributed by atoms with Crippen LogP contribution in [-0.2, 0) is 4.79 Å². The summed E-state index contributed by atoms with van der Waals surface area (Å²) in [5.74, 6) is -0.00727. The average Bonchev–Trinajstić information content (AvgIpc) is 3.25. The fraction of sp³-hybridized carbons (Fsp3) is 0.625. The predicted octanol–water partition coefficient (Wildman–Crippen LogP) is 1.61. The number of likely N-dealkylation sites (tertiary alicyclic amines) is 1. The molecule has 120 valence electrons. The Morgan fingerprint density at radius 3 is 2.95 bits per heavy atom. The van der Waals surface area contributed by atoms with E-state index in [1.54, 1.807) is 4.90 Å². The van der Waals surface area contributed by atoms with E-state index in [1.165, 1.54) is 17.8 Å². The Balaban J connectivity index is 1.61. The third kappa shape index (κ3) is 3.50. The first-order valence-corrected chi connectivity index (χ1v) is 8.99. The molecule has 3 rings (SSSR count). The van der Waals surface area contributed by atoms with E-state index >= 15 is 0 Å². The maximum atomic E-state index is 12.6. The Kier molecular flexibility index (Phi) is 5.10. The Bertz CT molecular complexity index is 511. The minimum absolute atomic E-state index is 0.00157. The van der Waals surface area contributed by atoms with Crippen molar-refractivity contribution in [3.63, 3.8) is 0 Å². The van der Waals surface area contributed by atoms with Gasteiger partial charge in [-0.05, 0) is 50.1 Å². The smallest absolute Gasteiger partial charge is 0.264 e. The van der Waals surface area contributed by atoms with Crippen LogP contribution in [0.25, 0.3) is 0 Å². The highest BCUT2D eigenvalue weighted by Gasteiger charge is 2.33. The van der Waals surface area contributed by atoms with E-state index in [0.717, 1.165) is 37.1 Å². The Hall–Kier alpha value is -1.40. The lowest BCUT2D eigenvalue weighted by molar-refractivity contribution is -0.126. The van der Waals surface area contributed by atoms with E-state index in [-0.39, 0.29) is 17.9 Å². The average molecular weight is 321 g/mol. The molecule has 2 atom stereocenters. The van der Waals surface area contributed by atoms with Gasteiger partial charge in [-0.15, -0.1) is 11.3 Å². The fourth-order valence-corrected chi connectivity index (χ4v) is 3.94. The highest BCUT2D eigenvalue weighted by molar-refractivity contribution is 7.12. The molecule has 2 aliphatic heterocycles. The van der Waals surface area contributed by atoms with Crippen molar-refractivity contribution in [1.82, 2.24) is 15.5 Å². The molecule has 2 fully saturated rings. The van der Waals surface area contributed by atoms with Gasteiger partial charge in [0.2, 0.25) is 5.91 Å². The van der Waals surface area contributed by atoms with Gasteiger partial charge in [0.15, 0.2) is 0 Å². The van der Waals surface area contributed by atoms with Crippen molar-refractivity contribution in [3.05, 3.63) is 22.4 Å². The zero-order valence-corrected chi connectivity index (χ0v) is 13.5. The standard InChI is InChI=1S/C16H23N3O2S/c20-15(18-11-12-5-3-8-17-12)13-6-1-2-9-19(13)16(21)14-7-4-10-22-14/h4,7,10,12-13,17H,1-3,5-6,8-9,11H2,(H,18,20). The summed E-state index contributed by atoms with van der Waals surface area (Å²) in [5.41, 5.74) is 0. The van der Waals surface area contributed by atoms with Crippen LogP contribution in [0, 0.1) is 0 Å². The molecule has 22 heavy (non-hydrogen) atoms. The van der Waals surface area contributed by atoms with Crippen molar-refractivity contribution in [2.24, 2.45) is 0 Å². The molecule has 0 bridgehead atoms. The highest BCUT2D eigenvalue weighted by Crippen LogP contribution is 2.22. The van der Waals surface area contributed by atoms with Crippen LogP contribution in [0.2, 0.25) is 0 Å². The van der Waals surface area contributed by atoms with E-state index in [0.29, 0.717) is 19.1 Å². The Morgan fingerprint density at radius 2 is 2.23 bits per heavy atom. The second-order valence-corrected chi connectivity index (χ2v) is 6.97. The third-order valence-corrected chi connectivity index (χ3v) is 5.34. The van der Waals surface area contributed by atoms with Crippen LogP contribution in [0.3, 0.4) is 0 Å². The first-order chi connectivity index (χ1) is 10.8. The number of carbonyl (C=O) groups is 2. The largest absolute Gasteiger partial charge is 0.353 e. The van der Waals surface area contributed by atoms with E-state index in [4.69, 9.17) is 0 Å². The molecule has 2 aliphatic rings. The number of nitrogens with one attached hydrogen (secondary N) is 2. The molecule has 2 saturated heterocycles. The van der Waals surface area contributed by atoms with Crippen LogP contribution in [0.5, 0.6) is 0 Å². The maximum Gasteiger partial charge on any atom is 0.264 e. The van der Waals surface area contributed by atoms with Gasteiger partial charge in [0, 0.05) is 19.1 Å². The lowest BCUT2D eigenvalue weighted by atomic mass is 10.0. The minimum atomic E-state index is -0.315. The van der Waals surface area contributed by atoms with Crippen molar-refractivity contribution in [3.8, 4) is 0 Å². The van der Waals surface area contributed by atoms with Gasteiger partial charge >= 0.3 is 0 Å². The van der Waals surface area contributed by atoms with E-state index in [2.05, 4.69) is 10.6 Å². The number of thiophene rings is 1. The Labute approximate surface area is 135 Å². The topological polar surface area (TPSA) is 61.4 Å². The SMILES string of the molecule is O=C(NCC1CCCN1)C1CCCCN1C(=O)c1cccs1. The van der Waals surface area contributed by atoms with Gasteiger partial charge in [-0.1, -0.05) is 6.07 Å². The lowest BCUT2D eigenvalue weighted by Gasteiger charge is -2.34. The van der Waals surface area contributed by atoms with Gasteiger partial charge in [0.05, 0.1) is 4.88 Å². The molecule has 0 saturated carbocycles. The number of carbonyl (C=O) groups excluding carboxylic acids is 2. The van der Waals surface area contributed by atoms with Crippen molar-refractivity contribution in [2.75, 3.05) is 19.6 Å². The molecule has 2 N–H and O–H groups in total. The molecular weight excluding hydrogens is 298 g/mol. The first kappa shape index (κ1) is 15.5. The normalized spacial score (nSPS) is 25.2. The molecule has 2 amide bonds. The number of rotatable bonds is 4. The number of piperidine rings is 1. The van der Waals surface area contributed by atoms with E-state index in [1.807, 2.05) is 17.5 Å². The second-order valence-electron chi connectivity index (χ2n) is 6.03. The zero-order chi connectivity index (χ0) is 15.4. The van der Waals surface area contributed by atoms with E-state index in [9.17, 15) is 9.59 Å². The van der Waals surface area contributed by atoms with Crippen LogP contribution in [-0.4, -0.2) is 48.4 Å². The van der Waals surface area contributed by atoms with Gasteiger partial charge < -0.3 is 15.5 Å². The molecule has 0 spiro atoms. The number of hydrogen-bond donors (Lipinski definition) is 2. The molecule has 0 radical (unpaired) electrons. The molecule has 0 aromatic carbocycles. The first-order valence-electron chi connectivity index (χ1n) is 8.11. The van der Waals surface area contributed by atoms with E-state index < -0.39 is 0 Å². The number of amides is 2. The minimum Gasteiger partial charge on any atom is -0.353 e. The van der Waals surface area contributed by atoms with Gasteiger partial charge in [-0.3, -0.25) is 9.59 Å². The maximum absolute atomic E-state index is 12.6. The number of nitrogens with zero attached hydrogens (tertiary/aromatic N) is 1. The van der Waals surface area contributed by atoms with Crippen molar-refractivity contribution >= 4 is 23.2 Å². The summed E-state index contributed by atoms with van der Waals surface area (Å²) in [6.07, 6.45) is 5.04. The van der Waals surface area contributed by atoms with Crippen LogP contribution in [0.1, 0.15) is 41.8 Å². The van der Waals surface area contributed by atoms with Gasteiger partial charge in [-0.2, -0.15) is 0 Å². The summed E-state index contributed by atoms with van der Waals surface area (Å²) in [4.78, 5) is 27.6. The molecule has 2 unspecified atom stereocenters. The number of hydrogen-bond acceptors (Lipinski definition) is 4. The van der Waals surface area contributed by atoms with Crippen LogP contribution in [0.15, 0.2) is 17.5 Å². The monoisotopic (exact) mass is 321 g/mol. The molecule has 6 heteroatoms. The molecule has 1 aromatic rings. The third-order valence-electron chi connectivity index (χ3n) is 4.48. The summed E-state index contributed by atoms with van der Waals surface area (Å²) < 4.78 is 0. The van der Waals surface area contributed by atoms with Crippen molar-refractivity contribution < 1.29 is 9.59 Å². The highest BCUT2D eigenvalue weighted by atomic mass is 32.1. The molecule has 0 aliphatic carbocycles. The summed E-state index contributed by atoms with van der Waals surface area (Å²) >= 11 is 1.44. The summed E-state index contributed by atoms with van der Waals surface area (Å²) in [5, 5.41) is 8.31. The predicted molar refractivity (Wildman–Crippen MR) is 87.0 cm³/mol. The van der Waals surface area contributed by atoms with Crippen molar-refractivity contribution in [2.45, 2.75) is 44.2 Å². The van der Waals surface area contributed by atoms with Crippen LogP contribution in [0.4, 0.5) is 0 Å². The van der Waals surface area contributed by atoms with Gasteiger partial charge in [0.1, 0.15) is 6.04 Å². The summed E-state index contributed by atoms with van der Waals surface area (Å²) in [6, 6.07) is 3.78. The van der Waals surface area contributed by atoms with Crippen LogP contribution >= 0.6 is 11.3 Å². The zero-order valence-electron chi connectivity index (χ0n) is 12.7. The molecule has 5 nitrogen and oxygen atoms in total. The Morgan fingerprint density at radius 1 is 1.32 bits per heavy atom. The van der Waals surface area contributed by atoms with Gasteiger partial charge in [0.25, 0.3) is 5.91 Å².